The molecule has 2 aromatic heterocycles. The number of nitrogen functional groups attached to an aromatic ring is 1. The lowest BCUT2D eigenvalue weighted by atomic mass is 10.1. The molecule has 154 valence electrons. The topological polar surface area (TPSA) is 127 Å². The summed E-state index contributed by atoms with van der Waals surface area (Å²) in [5.41, 5.74) is 7.60. The Labute approximate surface area is 170 Å². The zero-order valence-electron chi connectivity index (χ0n) is 15.9. The maximum absolute atomic E-state index is 14.2. The minimum absolute atomic E-state index is 0.0245. The maximum Gasteiger partial charge on any atom is 0.229 e. The van der Waals surface area contributed by atoms with Gasteiger partial charge in [0.2, 0.25) is 5.95 Å². The number of fused-ring (bicyclic) bond motifs is 1. The Morgan fingerprint density at radius 2 is 1.93 bits per heavy atom. The summed E-state index contributed by atoms with van der Waals surface area (Å²) in [7, 11) is -3.63. The number of nitrogens with one attached hydrogen (secondary N) is 2. The van der Waals surface area contributed by atoms with Crippen LogP contribution in [-0.4, -0.2) is 34.8 Å². The van der Waals surface area contributed by atoms with Crippen molar-refractivity contribution in [2.45, 2.75) is 11.8 Å². The Bertz CT molecular complexity index is 1400. The van der Waals surface area contributed by atoms with Crippen molar-refractivity contribution in [3.05, 3.63) is 53.7 Å². The maximum atomic E-state index is 14.2. The van der Waals surface area contributed by atoms with Crippen LogP contribution in [0.2, 0.25) is 0 Å². The van der Waals surface area contributed by atoms with Gasteiger partial charge in [0.05, 0.1) is 16.0 Å². The van der Waals surface area contributed by atoms with E-state index in [1.165, 1.54) is 31.3 Å². The van der Waals surface area contributed by atoms with Crippen molar-refractivity contribution in [2.24, 2.45) is 0 Å². The summed E-state index contributed by atoms with van der Waals surface area (Å²) in [6.45, 7) is 1.38. The van der Waals surface area contributed by atoms with Crippen LogP contribution in [0.3, 0.4) is 0 Å². The van der Waals surface area contributed by atoms with E-state index in [-0.39, 0.29) is 27.9 Å². The molecule has 0 fully saturated rings. The normalized spacial score (nSPS) is 11.7. The lowest BCUT2D eigenvalue weighted by Gasteiger charge is -2.11. The summed E-state index contributed by atoms with van der Waals surface area (Å²) >= 11 is 0. The Balaban J connectivity index is 1.71. The van der Waals surface area contributed by atoms with Crippen molar-refractivity contribution >= 4 is 38.2 Å². The van der Waals surface area contributed by atoms with Gasteiger partial charge in [-0.2, -0.15) is 10.1 Å². The molecule has 2 aromatic carbocycles. The molecule has 0 unspecified atom stereocenters. The molecule has 30 heavy (non-hydrogen) atoms. The smallest absolute Gasteiger partial charge is 0.229 e. The van der Waals surface area contributed by atoms with E-state index in [0.29, 0.717) is 22.2 Å². The highest BCUT2D eigenvalue weighted by atomic mass is 32.2. The quantitative estimate of drug-likeness (QED) is 0.453. The van der Waals surface area contributed by atoms with Crippen molar-refractivity contribution in [3.63, 3.8) is 0 Å². The van der Waals surface area contributed by atoms with Crippen molar-refractivity contribution < 1.29 is 17.2 Å². The Kier molecular flexibility index (Phi) is 4.61. The Morgan fingerprint density at radius 3 is 2.63 bits per heavy atom. The van der Waals surface area contributed by atoms with Gasteiger partial charge in [0, 0.05) is 29.1 Å². The number of rotatable bonds is 4. The number of anilines is 3. The van der Waals surface area contributed by atoms with E-state index >= 15 is 0 Å². The van der Waals surface area contributed by atoms with E-state index in [2.05, 4.69) is 25.5 Å². The molecule has 2 heterocycles. The minimum atomic E-state index is -3.63. The second kappa shape index (κ2) is 7.02. The van der Waals surface area contributed by atoms with E-state index in [1.54, 1.807) is 6.07 Å². The molecule has 0 aliphatic rings. The fraction of sp³-hybridized carbons (Fsp3) is 0.105. The first-order chi connectivity index (χ1) is 14.1. The van der Waals surface area contributed by atoms with E-state index in [4.69, 9.17) is 5.73 Å². The van der Waals surface area contributed by atoms with Crippen LogP contribution in [0.4, 0.5) is 26.2 Å². The molecule has 0 spiro atoms. The van der Waals surface area contributed by atoms with E-state index < -0.39 is 21.5 Å². The van der Waals surface area contributed by atoms with Gasteiger partial charge < -0.3 is 11.1 Å². The van der Waals surface area contributed by atoms with Crippen LogP contribution in [0.5, 0.6) is 0 Å². The van der Waals surface area contributed by atoms with Crippen LogP contribution in [-0.2, 0) is 9.84 Å². The highest BCUT2D eigenvalue weighted by Crippen LogP contribution is 2.31. The predicted molar refractivity (Wildman–Crippen MR) is 109 cm³/mol. The van der Waals surface area contributed by atoms with Crippen LogP contribution >= 0.6 is 0 Å². The molecule has 4 N–H and O–H groups in total. The average Bonchev–Trinajstić information content (AvgIpc) is 3.06. The van der Waals surface area contributed by atoms with Gasteiger partial charge in [0.1, 0.15) is 23.1 Å². The first-order valence-electron chi connectivity index (χ1n) is 8.67. The molecular formula is C19H16F2N6O2S. The van der Waals surface area contributed by atoms with Crippen molar-refractivity contribution in [3.8, 4) is 11.3 Å². The average molecular weight is 430 g/mol. The van der Waals surface area contributed by atoms with Crippen LogP contribution in [0, 0.1) is 18.6 Å². The fourth-order valence-corrected chi connectivity index (χ4v) is 4.06. The fourth-order valence-electron chi connectivity index (χ4n) is 3.07. The SMILES string of the molecule is Cc1c(F)cc(Nc2ncc(-c3n[nH]c4ccc(F)cc34)c(N)n2)cc1S(C)(=O)=O. The molecule has 0 aliphatic carbocycles. The molecule has 0 atom stereocenters. The van der Waals surface area contributed by atoms with Crippen molar-refractivity contribution in [1.29, 1.82) is 0 Å². The van der Waals surface area contributed by atoms with Gasteiger partial charge in [0.25, 0.3) is 0 Å². The van der Waals surface area contributed by atoms with Crippen LogP contribution in [0.1, 0.15) is 5.56 Å². The molecule has 11 heteroatoms. The third kappa shape index (κ3) is 3.54. The Hall–Kier alpha value is -3.60. The lowest BCUT2D eigenvalue weighted by Crippen LogP contribution is -2.06. The zero-order chi connectivity index (χ0) is 21.6. The second-order valence-corrected chi connectivity index (χ2v) is 8.72. The number of nitrogens with zero attached hydrogens (tertiary/aromatic N) is 3. The summed E-state index contributed by atoms with van der Waals surface area (Å²) in [4.78, 5) is 8.14. The molecule has 0 radical (unpaired) electrons. The van der Waals surface area contributed by atoms with Gasteiger partial charge in [-0.15, -0.1) is 0 Å². The van der Waals surface area contributed by atoms with Gasteiger partial charge in [-0.05, 0) is 37.3 Å². The van der Waals surface area contributed by atoms with Crippen LogP contribution in [0.25, 0.3) is 22.2 Å². The highest BCUT2D eigenvalue weighted by molar-refractivity contribution is 7.90. The zero-order valence-corrected chi connectivity index (χ0v) is 16.7. The number of aromatic amines is 1. The molecule has 0 bridgehead atoms. The molecular weight excluding hydrogens is 414 g/mol. The number of hydrogen-bond donors (Lipinski definition) is 3. The molecule has 8 nitrogen and oxygen atoms in total. The van der Waals surface area contributed by atoms with Crippen LogP contribution < -0.4 is 11.1 Å². The molecule has 0 amide bonds. The number of sulfone groups is 1. The largest absolute Gasteiger partial charge is 0.383 e. The standard InChI is InChI=1S/C19H16F2N6O2S/c1-9-14(21)6-11(7-16(9)30(2,28)29)24-19-23-8-13(18(22)25-19)17-12-5-10(20)3-4-15(12)26-27-17/h3-8H,1-2H3,(H,26,27)(H3,22,23,24,25). The molecule has 4 aromatic rings. The molecule has 0 aliphatic heterocycles. The first-order valence-corrected chi connectivity index (χ1v) is 10.6. The summed E-state index contributed by atoms with van der Waals surface area (Å²) in [6, 6.07) is 6.62. The van der Waals surface area contributed by atoms with E-state index in [9.17, 15) is 17.2 Å². The number of H-pyrrole nitrogens is 1. The van der Waals surface area contributed by atoms with E-state index in [0.717, 1.165) is 12.3 Å². The number of benzene rings is 2. The third-order valence-electron chi connectivity index (χ3n) is 4.55. The van der Waals surface area contributed by atoms with Gasteiger partial charge in [0.15, 0.2) is 9.84 Å². The van der Waals surface area contributed by atoms with Gasteiger partial charge in [-0.3, -0.25) is 5.10 Å². The summed E-state index contributed by atoms with van der Waals surface area (Å²) in [5, 5.41) is 10.2. The summed E-state index contributed by atoms with van der Waals surface area (Å²) < 4.78 is 51.6. The van der Waals surface area contributed by atoms with Crippen molar-refractivity contribution in [2.75, 3.05) is 17.3 Å². The highest BCUT2D eigenvalue weighted by Gasteiger charge is 2.17. The minimum Gasteiger partial charge on any atom is -0.383 e. The van der Waals surface area contributed by atoms with Gasteiger partial charge in [-0.25, -0.2) is 22.2 Å². The Morgan fingerprint density at radius 1 is 1.17 bits per heavy atom. The molecule has 4 rings (SSSR count). The number of aromatic nitrogens is 4. The monoisotopic (exact) mass is 430 g/mol. The van der Waals surface area contributed by atoms with E-state index in [1.807, 2.05) is 0 Å². The first kappa shape index (κ1) is 19.7. The molecule has 0 saturated carbocycles. The number of nitrogens with two attached hydrogens (primary N) is 1. The number of halogens is 2. The lowest BCUT2D eigenvalue weighted by molar-refractivity contribution is 0.591. The van der Waals surface area contributed by atoms with Gasteiger partial charge >= 0.3 is 0 Å². The van der Waals surface area contributed by atoms with Gasteiger partial charge in [-0.1, -0.05) is 0 Å². The predicted octanol–water partition coefficient (Wildman–Crippen LogP) is 3.34. The summed E-state index contributed by atoms with van der Waals surface area (Å²) in [6.07, 6.45) is 2.39. The third-order valence-corrected chi connectivity index (χ3v) is 5.77. The second-order valence-electron chi connectivity index (χ2n) is 6.73. The van der Waals surface area contributed by atoms with Crippen LogP contribution in [0.15, 0.2) is 41.4 Å². The number of hydrogen-bond acceptors (Lipinski definition) is 7. The molecule has 0 saturated heterocycles. The van der Waals surface area contributed by atoms with Crippen molar-refractivity contribution in [1.82, 2.24) is 20.2 Å². The summed E-state index contributed by atoms with van der Waals surface area (Å²) in [5.74, 6) is -1.02.